The van der Waals surface area contributed by atoms with Crippen LogP contribution in [0.15, 0.2) is 18.2 Å². The van der Waals surface area contributed by atoms with Gasteiger partial charge in [-0.2, -0.15) is 0 Å². The summed E-state index contributed by atoms with van der Waals surface area (Å²) in [4.78, 5) is 14.5. The van der Waals surface area contributed by atoms with Crippen LogP contribution in [0.2, 0.25) is 0 Å². The first kappa shape index (κ1) is 13.7. The van der Waals surface area contributed by atoms with E-state index in [1.807, 2.05) is 4.90 Å². The maximum atomic E-state index is 12.6. The molecule has 4 heteroatoms. The van der Waals surface area contributed by atoms with Crippen molar-refractivity contribution in [2.45, 2.75) is 33.2 Å². The van der Waals surface area contributed by atoms with Crippen molar-refractivity contribution in [3.05, 3.63) is 23.8 Å². The number of benzene rings is 1. The molecule has 1 saturated heterocycles. The van der Waals surface area contributed by atoms with E-state index in [2.05, 4.69) is 20.8 Å². The average molecular weight is 262 g/mol. The number of piperidine rings is 1. The van der Waals surface area contributed by atoms with Crippen LogP contribution in [0.25, 0.3) is 0 Å². The molecule has 4 nitrogen and oxygen atoms in total. The van der Waals surface area contributed by atoms with Crippen LogP contribution in [0.5, 0.6) is 5.75 Å². The highest BCUT2D eigenvalue weighted by Crippen LogP contribution is 2.29. The van der Waals surface area contributed by atoms with E-state index in [0.29, 0.717) is 23.1 Å². The van der Waals surface area contributed by atoms with Crippen molar-refractivity contribution in [1.29, 1.82) is 0 Å². The smallest absolute Gasteiger partial charge is 0.256 e. The summed E-state index contributed by atoms with van der Waals surface area (Å²) in [7, 11) is 0. The Bertz CT molecular complexity index is 487. The summed E-state index contributed by atoms with van der Waals surface area (Å²) in [5, 5.41) is 9.53. The van der Waals surface area contributed by atoms with E-state index in [1.54, 1.807) is 6.07 Å². The van der Waals surface area contributed by atoms with Gasteiger partial charge in [0.05, 0.1) is 5.56 Å². The van der Waals surface area contributed by atoms with Crippen molar-refractivity contribution in [3.63, 3.8) is 0 Å². The molecule has 19 heavy (non-hydrogen) atoms. The van der Waals surface area contributed by atoms with E-state index < -0.39 is 0 Å². The molecule has 3 unspecified atom stereocenters. The second-order valence-electron chi connectivity index (χ2n) is 5.79. The van der Waals surface area contributed by atoms with Gasteiger partial charge in [-0.3, -0.25) is 4.79 Å². The molecule has 1 aliphatic heterocycles. The average Bonchev–Trinajstić information content (AvgIpc) is 2.36. The van der Waals surface area contributed by atoms with Gasteiger partial charge in [0, 0.05) is 18.3 Å². The zero-order valence-corrected chi connectivity index (χ0v) is 11.8. The molecule has 2 rings (SSSR count). The minimum atomic E-state index is -0.0840. The first-order valence-corrected chi connectivity index (χ1v) is 6.79. The van der Waals surface area contributed by atoms with Crippen LogP contribution in [0, 0.1) is 11.8 Å². The van der Waals surface area contributed by atoms with Gasteiger partial charge in [-0.15, -0.1) is 0 Å². The lowest BCUT2D eigenvalue weighted by atomic mass is 9.85. The zero-order valence-electron chi connectivity index (χ0n) is 11.8. The Kier molecular flexibility index (Phi) is 3.69. The lowest BCUT2D eigenvalue weighted by Crippen LogP contribution is -2.49. The first-order chi connectivity index (χ1) is 8.90. The summed E-state index contributed by atoms with van der Waals surface area (Å²) in [6, 6.07) is 4.72. The molecule has 0 aromatic heterocycles. The molecule has 1 heterocycles. The van der Waals surface area contributed by atoms with Gasteiger partial charge in [0.15, 0.2) is 0 Å². The van der Waals surface area contributed by atoms with Gasteiger partial charge in [-0.05, 0) is 43.4 Å². The van der Waals surface area contributed by atoms with Gasteiger partial charge in [0.1, 0.15) is 5.75 Å². The topological polar surface area (TPSA) is 66.6 Å². The van der Waals surface area contributed by atoms with Crippen molar-refractivity contribution < 1.29 is 9.90 Å². The Labute approximate surface area is 114 Å². The van der Waals surface area contributed by atoms with Gasteiger partial charge in [0.25, 0.3) is 5.91 Å². The number of likely N-dealkylation sites (tertiary alicyclic amines) is 1. The lowest BCUT2D eigenvalue weighted by molar-refractivity contribution is 0.0456. The Morgan fingerprint density at radius 2 is 2.05 bits per heavy atom. The third-order valence-electron chi connectivity index (χ3n) is 4.13. The molecule has 1 fully saturated rings. The molecular weight excluding hydrogens is 240 g/mol. The van der Waals surface area contributed by atoms with Crippen molar-refractivity contribution in [3.8, 4) is 5.75 Å². The number of rotatable bonds is 1. The van der Waals surface area contributed by atoms with E-state index >= 15 is 0 Å². The number of nitrogen functional groups attached to an aromatic ring is 1. The summed E-state index contributed by atoms with van der Waals surface area (Å²) >= 11 is 0. The van der Waals surface area contributed by atoms with Crippen LogP contribution >= 0.6 is 0 Å². The second kappa shape index (κ2) is 5.11. The molecule has 104 valence electrons. The Balaban J connectivity index is 2.30. The van der Waals surface area contributed by atoms with Gasteiger partial charge in [-0.25, -0.2) is 0 Å². The summed E-state index contributed by atoms with van der Waals surface area (Å²) < 4.78 is 0. The van der Waals surface area contributed by atoms with Crippen LogP contribution in [0.3, 0.4) is 0 Å². The molecule has 0 radical (unpaired) electrons. The predicted molar refractivity (Wildman–Crippen MR) is 76.0 cm³/mol. The van der Waals surface area contributed by atoms with Gasteiger partial charge < -0.3 is 15.7 Å². The number of carbonyl (C=O) groups is 1. The van der Waals surface area contributed by atoms with Crippen LogP contribution in [-0.2, 0) is 0 Å². The number of hydrogen-bond donors (Lipinski definition) is 2. The highest BCUT2D eigenvalue weighted by molar-refractivity contribution is 5.99. The molecule has 1 aromatic carbocycles. The normalized spacial score (nSPS) is 27.3. The maximum Gasteiger partial charge on any atom is 0.256 e. The molecule has 0 saturated carbocycles. The molecule has 0 spiro atoms. The molecule has 1 amide bonds. The van der Waals surface area contributed by atoms with Crippen LogP contribution in [0.1, 0.15) is 37.6 Å². The largest absolute Gasteiger partial charge is 0.508 e. The number of hydrogen-bond acceptors (Lipinski definition) is 3. The van der Waals surface area contributed by atoms with E-state index in [4.69, 9.17) is 5.73 Å². The predicted octanol–water partition coefficient (Wildman–Crippen LogP) is 2.48. The van der Waals surface area contributed by atoms with Gasteiger partial charge in [0.2, 0.25) is 0 Å². The molecule has 1 aliphatic rings. The molecule has 3 N–H and O–H groups in total. The number of carbonyl (C=O) groups excluding carboxylic acids is 1. The maximum absolute atomic E-state index is 12.6. The van der Waals surface area contributed by atoms with Crippen LogP contribution < -0.4 is 5.73 Å². The standard InChI is InChI=1S/C15H22N2O2/c1-9-6-10(2)11(3)17(8-9)15(19)13-7-12(18)4-5-14(13)16/h4-5,7,9-11,18H,6,8,16H2,1-3H3. The summed E-state index contributed by atoms with van der Waals surface area (Å²) in [6.07, 6.45) is 1.14. The fourth-order valence-electron chi connectivity index (χ4n) is 2.87. The monoisotopic (exact) mass is 262 g/mol. The van der Waals surface area contributed by atoms with E-state index in [0.717, 1.165) is 13.0 Å². The Hall–Kier alpha value is -1.71. The quantitative estimate of drug-likeness (QED) is 0.603. The highest BCUT2D eigenvalue weighted by atomic mass is 16.3. The molecule has 3 atom stereocenters. The van der Waals surface area contributed by atoms with Gasteiger partial charge in [-0.1, -0.05) is 13.8 Å². The van der Waals surface area contributed by atoms with Crippen LogP contribution in [-0.4, -0.2) is 28.5 Å². The Morgan fingerprint density at radius 1 is 1.37 bits per heavy atom. The fourth-order valence-corrected chi connectivity index (χ4v) is 2.87. The molecular formula is C15H22N2O2. The lowest BCUT2D eigenvalue weighted by Gasteiger charge is -2.41. The zero-order chi connectivity index (χ0) is 14.2. The van der Waals surface area contributed by atoms with Crippen LogP contribution in [0.4, 0.5) is 5.69 Å². The number of nitrogens with zero attached hydrogens (tertiary/aromatic N) is 1. The van der Waals surface area contributed by atoms with Crippen molar-refractivity contribution in [2.75, 3.05) is 12.3 Å². The van der Waals surface area contributed by atoms with E-state index in [-0.39, 0.29) is 17.7 Å². The van der Waals surface area contributed by atoms with Crippen molar-refractivity contribution in [1.82, 2.24) is 4.90 Å². The highest BCUT2D eigenvalue weighted by Gasteiger charge is 2.33. The first-order valence-electron chi connectivity index (χ1n) is 6.79. The second-order valence-corrected chi connectivity index (χ2v) is 5.79. The van der Waals surface area contributed by atoms with Crippen molar-refractivity contribution >= 4 is 11.6 Å². The summed E-state index contributed by atoms with van der Waals surface area (Å²) in [5.41, 5.74) is 6.67. The number of amides is 1. The fraction of sp³-hybridized carbons (Fsp3) is 0.533. The minimum absolute atomic E-state index is 0.0725. The third-order valence-corrected chi connectivity index (χ3v) is 4.13. The van der Waals surface area contributed by atoms with Gasteiger partial charge >= 0.3 is 0 Å². The number of phenols is 1. The molecule has 0 bridgehead atoms. The summed E-state index contributed by atoms with van der Waals surface area (Å²) in [5.74, 6) is 0.961. The van der Waals surface area contributed by atoms with E-state index in [1.165, 1.54) is 12.1 Å². The minimum Gasteiger partial charge on any atom is -0.508 e. The molecule has 0 aliphatic carbocycles. The number of nitrogens with two attached hydrogens (primary N) is 1. The summed E-state index contributed by atoms with van der Waals surface area (Å²) in [6.45, 7) is 7.16. The third kappa shape index (κ3) is 2.67. The van der Waals surface area contributed by atoms with Crippen molar-refractivity contribution in [2.24, 2.45) is 11.8 Å². The number of aromatic hydroxyl groups is 1. The number of phenolic OH excluding ortho intramolecular Hbond substituents is 1. The van der Waals surface area contributed by atoms with E-state index in [9.17, 15) is 9.90 Å². The molecule has 1 aromatic rings. The Morgan fingerprint density at radius 3 is 2.74 bits per heavy atom. The SMILES string of the molecule is CC1CC(C)C(C)N(C(=O)c2cc(O)ccc2N)C1. The number of anilines is 1.